The number of nitrogens with zero attached hydrogens (tertiary/aromatic N) is 1. The molecule has 3 rings (SSSR count). The van der Waals surface area contributed by atoms with Crippen LogP contribution in [0.1, 0.15) is 24.8 Å². The Hall–Kier alpha value is -1.06. The quantitative estimate of drug-likeness (QED) is 0.843. The van der Waals surface area contributed by atoms with Crippen LogP contribution in [0.4, 0.5) is 0 Å². The smallest absolute Gasteiger partial charge is 0.122 e. The normalized spacial score (nSPS) is 24.9. The number of para-hydroxylation sites is 1. The predicted molar refractivity (Wildman–Crippen MR) is 80.2 cm³/mol. The van der Waals surface area contributed by atoms with E-state index >= 15 is 0 Å². The molecule has 2 aliphatic rings. The summed E-state index contributed by atoms with van der Waals surface area (Å²) in [5.74, 6) is 1.80. The zero-order valence-corrected chi connectivity index (χ0v) is 12.4. The Morgan fingerprint density at radius 1 is 1.20 bits per heavy atom. The third kappa shape index (κ3) is 3.53. The predicted octanol–water partition coefficient (Wildman–Crippen LogP) is 2.87. The van der Waals surface area contributed by atoms with Gasteiger partial charge in [-0.05, 0) is 43.7 Å². The fourth-order valence-corrected chi connectivity index (χ4v) is 3.17. The van der Waals surface area contributed by atoms with E-state index in [1.54, 1.807) is 0 Å². The van der Waals surface area contributed by atoms with Crippen molar-refractivity contribution < 1.29 is 9.47 Å². The second-order valence-electron chi connectivity index (χ2n) is 6.11. The van der Waals surface area contributed by atoms with Crippen molar-refractivity contribution in [3.8, 4) is 5.75 Å². The van der Waals surface area contributed by atoms with Crippen LogP contribution in [0.25, 0.3) is 0 Å². The Morgan fingerprint density at radius 2 is 2.00 bits per heavy atom. The monoisotopic (exact) mass is 275 g/mol. The molecule has 2 saturated heterocycles. The third-order valence-corrected chi connectivity index (χ3v) is 4.46. The lowest BCUT2D eigenvalue weighted by Gasteiger charge is -2.33. The van der Waals surface area contributed by atoms with Gasteiger partial charge in [-0.15, -0.1) is 0 Å². The van der Waals surface area contributed by atoms with Crippen molar-refractivity contribution in [3.05, 3.63) is 29.8 Å². The van der Waals surface area contributed by atoms with E-state index in [4.69, 9.17) is 9.47 Å². The average molecular weight is 275 g/mol. The number of benzene rings is 1. The maximum atomic E-state index is 6.15. The molecule has 3 heteroatoms. The first-order chi connectivity index (χ1) is 9.81. The van der Waals surface area contributed by atoms with Crippen LogP contribution in [0.3, 0.4) is 0 Å². The van der Waals surface area contributed by atoms with Gasteiger partial charge in [-0.2, -0.15) is 0 Å². The Balaban J connectivity index is 1.45. The number of hydrogen-bond acceptors (Lipinski definition) is 3. The van der Waals surface area contributed by atoms with Gasteiger partial charge < -0.3 is 14.4 Å². The number of hydrogen-bond donors (Lipinski definition) is 0. The molecule has 110 valence electrons. The zero-order chi connectivity index (χ0) is 13.8. The second-order valence-corrected chi connectivity index (χ2v) is 6.11. The zero-order valence-electron chi connectivity index (χ0n) is 12.4. The Bertz CT molecular complexity index is 421. The third-order valence-electron chi connectivity index (χ3n) is 4.46. The van der Waals surface area contributed by atoms with Crippen molar-refractivity contribution in [3.63, 3.8) is 0 Å². The van der Waals surface area contributed by atoms with E-state index in [2.05, 4.69) is 36.1 Å². The highest BCUT2D eigenvalue weighted by Crippen LogP contribution is 2.23. The number of aryl methyl sites for hydroxylation is 1. The molecule has 0 bridgehead atoms. The summed E-state index contributed by atoms with van der Waals surface area (Å²) in [4.78, 5) is 2.58. The fraction of sp³-hybridized carbons (Fsp3) is 0.647. The SMILES string of the molecule is Cc1ccccc1OC1CCN(C[C@H]2CCOC2)CC1. The molecule has 0 aliphatic carbocycles. The van der Waals surface area contributed by atoms with Crippen molar-refractivity contribution in [1.29, 1.82) is 0 Å². The van der Waals surface area contributed by atoms with Gasteiger partial charge in [0.25, 0.3) is 0 Å². The van der Waals surface area contributed by atoms with Gasteiger partial charge in [0.1, 0.15) is 11.9 Å². The van der Waals surface area contributed by atoms with E-state index < -0.39 is 0 Å². The summed E-state index contributed by atoms with van der Waals surface area (Å²) in [6.45, 7) is 7.55. The summed E-state index contributed by atoms with van der Waals surface area (Å²) >= 11 is 0. The lowest BCUT2D eigenvalue weighted by atomic mass is 10.0. The summed E-state index contributed by atoms with van der Waals surface area (Å²) in [7, 11) is 0. The number of likely N-dealkylation sites (tertiary alicyclic amines) is 1. The van der Waals surface area contributed by atoms with Crippen LogP contribution in [-0.2, 0) is 4.74 Å². The summed E-state index contributed by atoms with van der Waals surface area (Å²) in [6, 6.07) is 8.31. The van der Waals surface area contributed by atoms with Crippen molar-refractivity contribution in [2.45, 2.75) is 32.3 Å². The van der Waals surface area contributed by atoms with Crippen LogP contribution >= 0.6 is 0 Å². The van der Waals surface area contributed by atoms with Gasteiger partial charge in [-0.1, -0.05) is 18.2 Å². The molecular formula is C17H25NO2. The lowest BCUT2D eigenvalue weighted by Crippen LogP contribution is -2.40. The molecule has 2 aliphatic heterocycles. The molecule has 3 nitrogen and oxygen atoms in total. The van der Waals surface area contributed by atoms with Gasteiger partial charge in [0.15, 0.2) is 0 Å². The molecule has 0 spiro atoms. The molecule has 20 heavy (non-hydrogen) atoms. The van der Waals surface area contributed by atoms with Gasteiger partial charge in [0, 0.05) is 26.2 Å². The van der Waals surface area contributed by atoms with Gasteiger partial charge in [-0.3, -0.25) is 0 Å². The van der Waals surface area contributed by atoms with Gasteiger partial charge >= 0.3 is 0 Å². The molecule has 0 N–H and O–H groups in total. The van der Waals surface area contributed by atoms with E-state index in [1.165, 1.54) is 18.5 Å². The van der Waals surface area contributed by atoms with Crippen LogP contribution < -0.4 is 4.74 Å². The Kier molecular flexibility index (Phi) is 4.58. The Labute approximate surface area is 121 Å². The molecule has 0 unspecified atom stereocenters. The lowest BCUT2D eigenvalue weighted by molar-refractivity contribution is 0.0876. The van der Waals surface area contributed by atoms with Crippen molar-refractivity contribution >= 4 is 0 Å². The molecular weight excluding hydrogens is 250 g/mol. The summed E-state index contributed by atoms with van der Waals surface area (Å²) < 4.78 is 11.6. The van der Waals surface area contributed by atoms with E-state index in [9.17, 15) is 0 Å². The van der Waals surface area contributed by atoms with E-state index in [0.29, 0.717) is 6.10 Å². The largest absolute Gasteiger partial charge is 0.490 e. The average Bonchev–Trinajstić information content (AvgIpc) is 2.96. The van der Waals surface area contributed by atoms with E-state index in [-0.39, 0.29) is 0 Å². The van der Waals surface area contributed by atoms with E-state index in [1.807, 2.05) is 0 Å². The minimum absolute atomic E-state index is 0.382. The van der Waals surface area contributed by atoms with Crippen molar-refractivity contribution in [2.75, 3.05) is 32.8 Å². The molecule has 2 fully saturated rings. The molecule has 1 aromatic carbocycles. The minimum atomic E-state index is 0.382. The highest BCUT2D eigenvalue weighted by molar-refractivity contribution is 5.31. The van der Waals surface area contributed by atoms with Crippen molar-refractivity contribution in [2.24, 2.45) is 5.92 Å². The number of rotatable bonds is 4. The standard InChI is InChI=1S/C17H25NO2/c1-14-4-2-3-5-17(14)20-16-6-9-18(10-7-16)12-15-8-11-19-13-15/h2-5,15-16H,6-13H2,1H3/t15-/m1/s1. The molecule has 0 saturated carbocycles. The van der Waals surface area contributed by atoms with Crippen LogP contribution in [0.15, 0.2) is 24.3 Å². The van der Waals surface area contributed by atoms with Gasteiger partial charge in [0.05, 0.1) is 6.61 Å². The maximum Gasteiger partial charge on any atom is 0.122 e. The summed E-state index contributed by atoms with van der Waals surface area (Å²) in [5, 5.41) is 0. The molecule has 0 amide bonds. The van der Waals surface area contributed by atoms with Gasteiger partial charge in [-0.25, -0.2) is 0 Å². The summed E-state index contributed by atoms with van der Waals surface area (Å²) in [5.41, 5.74) is 1.23. The first-order valence-electron chi connectivity index (χ1n) is 7.83. The molecule has 2 heterocycles. The second kappa shape index (κ2) is 6.59. The molecule has 0 radical (unpaired) electrons. The highest BCUT2D eigenvalue weighted by atomic mass is 16.5. The van der Waals surface area contributed by atoms with Crippen LogP contribution in [0.2, 0.25) is 0 Å². The molecule has 0 aromatic heterocycles. The number of ether oxygens (including phenoxy) is 2. The number of piperidine rings is 1. The highest BCUT2D eigenvalue weighted by Gasteiger charge is 2.24. The Morgan fingerprint density at radius 3 is 2.70 bits per heavy atom. The maximum absolute atomic E-state index is 6.15. The summed E-state index contributed by atoms with van der Waals surface area (Å²) in [6.07, 6.45) is 3.90. The van der Waals surface area contributed by atoms with E-state index in [0.717, 1.165) is 50.8 Å². The van der Waals surface area contributed by atoms with Crippen LogP contribution in [0, 0.1) is 12.8 Å². The first-order valence-corrected chi connectivity index (χ1v) is 7.83. The molecule has 1 atom stereocenters. The first kappa shape index (κ1) is 13.9. The van der Waals surface area contributed by atoms with Crippen LogP contribution in [0.5, 0.6) is 5.75 Å². The molecule has 1 aromatic rings. The van der Waals surface area contributed by atoms with Crippen molar-refractivity contribution in [1.82, 2.24) is 4.90 Å². The minimum Gasteiger partial charge on any atom is -0.490 e. The van der Waals surface area contributed by atoms with Crippen LogP contribution in [-0.4, -0.2) is 43.9 Å². The topological polar surface area (TPSA) is 21.7 Å². The fourth-order valence-electron chi connectivity index (χ4n) is 3.17. The van der Waals surface area contributed by atoms with Gasteiger partial charge in [0.2, 0.25) is 0 Å².